The van der Waals surface area contributed by atoms with E-state index in [-0.39, 0.29) is 0 Å². The Bertz CT molecular complexity index is 131. The van der Waals surface area contributed by atoms with Crippen LogP contribution in [0.2, 0.25) is 0 Å². The van der Waals surface area contributed by atoms with Crippen LogP contribution in [0.25, 0.3) is 0 Å². The average molecular weight is 153 g/mol. The van der Waals surface area contributed by atoms with E-state index in [9.17, 15) is 0 Å². The topological polar surface area (TPSA) is 3.24 Å². The fourth-order valence-corrected chi connectivity index (χ4v) is 2.75. The molecule has 0 spiro atoms. The largest absolute Gasteiger partial charge is 0.300 e. The maximum absolute atomic E-state index is 2.72. The minimum Gasteiger partial charge on any atom is -0.300 e. The molecule has 2 aliphatic rings. The molecule has 0 radical (unpaired) electrons. The lowest BCUT2D eigenvalue weighted by molar-refractivity contribution is 0.0674. The number of fused-ring (bicyclic) bond motifs is 1. The summed E-state index contributed by atoms with van der Waals surface area (Å²) in [5, 5.41) is 0. The van der Waals surface area contributed by atoms with Crippen molar-refractivity contribution in [1.82, 2.24) is 4.90 Å². The normalized spacial score (nSPS) is 40.1. The van der Waals surface area contributed by atoms with E-state index in [2.05, 4.69) is 11.8 Å². The number of nitrogens with zero attached hydrogens (tertiary/aromatic N) is 1. The summed E-state index contributed by atoms with van der Waals surface area (Å²) in [5.41, 5.74) is 0. The zero-order valence-corrected chi connectivity index (χ0v) is 7.55. The molecular weight excluding hydrogens is 134 g/mol. The molecule has 1 heteroatoms. The first-order valence-electron chi connectivity index (χ1n) is 5.12. The van der Waals surface area contributed by atoms with E-state index < -0.39 is 0 Å². The summed E-state index contributed by atoms with van der Waals surface area (Å²) in [6, 6.07) is 0.956. The molecule has 2 rings (SSSR count). The molecule has 1 unspecified atom stereocenters. The molecule has 64 valence electrons. The van der Waals surface area contributed by atoms with E-state index in [0.717, 1.165) is 12.0 Å². The average Bonchev–Trinajstić information content (AvgIpc) is 2.06. The second-order valence-electron chi connectivity index (χ2n) is 4.22. The summed E-state index contributed by atoms with van der Waals surface area (Å²) >= 11 is 0. The van der Waals surface area contributed by atoms with Gasteiger partial charge in [-0.05, 0) is 44.7 Å². The highest BCUT2D eigenvalue weighted by atomic mass is 15.2. The van der Waals surface area contributed by atoms with Gasteiger partial charge in [-0.2, -0.15) is 0 Å². The number of hydrogen-bond acceptors (Lipinski definition) is 1. The van der Waals surface area contributed by atoms with Gasteiger partial charge in [0.2, 0.25) is 0 Å². The van der Waals surface area contributed by atoms with Crippen LogP contribution in [0.5, 0.6) is 0 Å². The fourth-order valence-electron chi connectivity index (χ4n) is 2.75. The predicted octanol–water partition coefficient (Wildman–Crippen LogP) is 2.27. The predicted molar refractivity (Wildman–Crippen MR) is 47.6 cm³/mol. The molecule has 1 nitrogen and oxygen atoms in total. The maximum Gasteiger partial charge on any atom is 0.0121 e. The summed E-state index contributed by atoms with van der Waals surface area (Å²) in [7, 11) is 0. The van der Waals surface area contributed by atoms with Crippen molar-refractivity contribution in [3.8, 4) is 0 Å². The van der Waals surface area contributed by atoms with Gasteiger partial charge < -0.3 is 4.90 Å². The second-order valence-corrected chi connectivity index (χ2v) is 4.22. The third-order valence-electron chi connectivity index (χ3n) is 3.43. The first-order valence-corrected chi connectivity index (χ1v) is 5.12. The molecule has 2 atom stereocenters. The van der Waals surface area contributed by atoms with Gasteiger partial charge in [0, 0.05) is 6.04 Å². The molecule has 0 aliphatic carbocycles. The Kier molecular flexibility index (Phi) is 2.17. The van der Waals surface area contributed by atoms with Crippen molar-refractivity contribution >= 4 is 0 Å². The number of rotatable bonds is 0. The molecule has 2 saturated heterocycles. The van der Waals surface area contributed by atoms with Crippen molar-refractivity contribution in [2.24, 2.45) is 5.92 Å². The van der Waals surface area contributed by atoms with Gasteiger partial charge in [-0.25, -0.2) is 0 Å². The SMILES string of the molecule is CC1CCCN2CCCC[C@H]12. The Morgan fingerprint density at radius 2 is 1.82 bits per heavy atom. The second kappa shape index (κ2) is 3.14. The Balaban J connectivity index is 1.99. The molecule has 0 aromatic carbocycles. The smallest absolute Gasteiger partial charge is 0.0121 e. The van der Waals surface area contributed by atoms with Crippen LogP contribution in [0.15, 0.2) is 0 Å². The summed E-state index contributed by atoms with van der Waals surface area (Å²) in [4.78, 5) is 2.72. The van der Waals surface area contributed by atoms with Crippen molar-refractivity contribution in [3.63, 3.8) is 0 Å². The van der Waals surface area contributed by atoms with Gasteiger partial charge in [-0.15, -0.1) is 0 Å². The van der Waals surface area contributed by atoms with Crippen LogP contribution in [0, 0.1) is 5.92 Å². The van der Waals surface area contributed by atoms with E-state index in [4.69, 9.17) is 0 Å². The van der Waals surface area contributed by atoms with Gasteiger partial charge in [0.15, 0.2) is 0 Å². The lowest BCUT2D eigenvalue weighted by atomic mass is 9.85. The van der Waals surface area contributed by atoms with Crippen LogP contribution in [0.4, 0.5) is 0 Å². The van der Waals surface area contributed by atoms with Gasteiger partial charge in [0.1, 0.15) is 0 Å². The van der Waals surface area contributed by atoms with Gasteiger partial charge in [0.05, 0.1) is 0 Å². The number of piperidine rings is 2. The molecule has 2 aliphatic heterocycles. The minimum absolute atomic E-state index is 0.956. The van der Waals surface area contributed by atoms with Crippen molar-refractivity contribution in [2.45, 2.75) is 45.1 Å². The Hall–Kier alpha value is -0.0400. The van der Waals surface area contributed by atoms with E-state index in [1.807, 2.05) is 0 Å². The van der Waals surface area contributed by atoms with Crippen LogP contribution in [-0.4, -0.2) is 24.0 Å². The zero-order valence-electron chi connectivity index (χ0n) is 7.55. The lowest BCUT2D eigenvalue weighted by Crippen LogP contribution is -2.46. The molecule has 0 bridgehead atoms. The van der Waals surface area contributed by atoms with E-state index >= 15 is 0 Å². The molecule has 11 heavy (non-hydrogen) atoms. The van der Waals surface area contributed by atoms with Crippen molar-refractivity contribution in [2.75, 3.05) is 13.1 Å². The Labute approximate surface area is 69.8 Å². The molecule has 2 heterocycles. The van der Waals surface area contributed by atoms with Crippen molar-refractivity contribution in [3.05, 3.63) is 0 Å². The monoisotopic (exact) mass is 153 g/mol. The van der Waals surface area contributed by atoms with Crippen molar-refractivity contribution in [1.29, 1.82) is 0 Å². The van der Waals surface area contributed by atoms with Gasteiger partial charge in [0.25, 0.3) is 0 Å². The lowest BCUT2D eigenvalue weighted by Gasteiger charge is -2.43. The zero-order chi connectivity index (χ0) is 7.68. The number of hydrogen-bond donors (Lipinski definition) is 0. The molecular formula is C10H19N. The van der Waals surface area contributed by atoms with E-state index in [1.165, 1.54) is 45.2 Å². The molecule has 0 N–H and O–H groups in total. The highest BCUT2D eigenvalue weighted by molar-refractivity contribution is 4.84. The summed E-state index contributed by atoms with van der Waals surface area (Å²) in [6.45, 7) is 5.20. The summed E-state index contributed by atoms with van der Waals surface area (Å²) < 4.78 is 0. The third-order valence-corrected chi connectivity index (χ3v) is 3.43. The van der Waals surface area contributed by atoms with Crippen LogP contribution in [0.1, 0.15) is 39.0 Å². The van der Waals surface area contributed by atoms with Gasteiger partial charge in [-0.1, -0.05) is 13.3 Å². The molecule has 0 saturated carbocycles. The maximum atomic E-state index is 2.72. The highest BCUT2D eigenvalue weighted by Gasteiger charge is 2.29. The first-order chi connectivity index (χ1) is 5.38. The first kappa shape index (κ1) is 7.60. The molecule has 0 aromatic heterocycles. The standard InChI is InChI=1S/C10H19N/c1-9-5-4-8-11-7-3-2-6-10(9)11/h9-10H,2-8H2,1H3/t9?,10-/m1/s1. The van der Waals surface area contributed by atoms with Gasteiger partial charge in [-0.3, -0.25) is 0 Å². The minimum atomic E-state index is 0.956. The summed E-state index contributed by atoms with van der Waals surface area (Å²) in [6.07, 6.45) is 7.31. The van der Waals surface area contributed by atoms with E-state index in [0.29, 0.717) is 0 Å². The Morgan fingerprint density at radius 3 is 2.64 bits per heavy atom. The van der Waals surface area contributed by atoms with Gasteiger partial charge >= 0.3 is 0 Å². The van der Waals surface area contributed by atoms with E-state index in [1.54, 1.807) is 0 Å². The molecule has 2 fully saturated rings. The quantitative estimate of drug-likeness (QED) is 0.516. The third kappa shape index (κ3) is 1.44. The van der Waals surface area contributed by atoms with Crippen LogP contribution in [0.3, 0.4) is 0 Å². The van der Waals surface area contributed by atoms with Crippen LogP contribution < -0.4 is 0 Å². The summed E-state index contributed by atoms with van der Waals surface area (Å²) in [5.74, 6) is 0.976. The molecule has 0 amide bonds. The van der Waals surface area contributed by atoms with Crippen molar-refractivity contribution < 1.29 is 0 Å². The fraction of sp³-hybridized carbons (Fsp3) is 1.00. The van der Waals surface area contributed by atoms with Crippen LogP contribution in [-0.2, 0) is 0 Å². The Morgan fingerprint density at radius 1 is 1.00 bits per heavy atom. The molecule has 0 aromatic rings. The van der Waals surface area contributed by atoms with Crippen LogP contribution >= 0.6 is 0 Å². The highest BCUT2D eigenvalue weighted by Crippen LogP contribution is 2.29.